The lowest BCUT2D eigenvalue weighted by molar-refractivity contribution is -0.137. The van der Waals surface area contributed by atoms with Crippen molar-refractivity contribution in [3.05, 3.63) is 75.1 Å². The number of nitrogens with two attached hydrogens (primary N) is 1. The maximum Gasteiger partial charge on any atom is 0.416 e. The van der Waals surface area contributed by atoms with E-state index < -0.39 is 17.5 Å². The number of methoxy groups -OCH3 is 1. The number of carbonyl (C=O) groups is 1. The molecule has 0 saturated heterocycles. The fraction of sp³-hybridized carbons (Fsp3) is 0.111. The van der Waals surface area contributed by atoms with Gasteiger partial charge >= 0.3 is 6.18 Å². The van der Waals surface area contributed by atoms with Crippen molar-refractivity contribution in [2.24, 2.45) is 0 Å². The number of fused-ring (bicyclic) bond motifs is 1. The van der Waals surface area contributed by atoms with Gasteiger partial charge in [0.15, 0.2) is 11.2 Å². The van der Waals surface area contributed by atoms with Gasteiger partial charge in [-0.3, -0.25) is 9.59 Å². The molecule has 8 heteroatoms. The summed E-state index contributed by atoms with van der Waals surface area (Å²) in [6, 6.07) is 8.54. The normalized spacial score (nSPS) is 13.8. The van der Waals surface area contributed by atoms with Gasteiger partial charge in [0.2, 0.25) is 5.78 Å². The van der Waals surface area contributed by atoms with Crippen LogP contribution in [0.2, 0.25) is 0 Å². The van der Waals surface area contributed by atoms with E-state index >= 15 is 0 Å². The Kier molecular flexibility index (Phi) is 4.53. The topological polar surface area (TPSA) is 69.4 Å². The van der Waals surface area contributed by atoms with E-state index in [9.17, 15) is 22.8 Å². The quantitative estimate of drug-likeness (QED) is 0.818. The van der Waals surface area contributed by atoms with E-state index in [2.05, 4.69) is 0 Å². The summed E-state index contributed by atoms with van der Waals surface area (Å²) < 4.78 is 43.5. The number of thioether (sulfide) groups is 1. The van der Waals surface area contributed by atoms with Gasteiger partial charge in [0.1, 0.15) is 0 Å². The Morgan fingerprint density at radius 1 is 1.04 bits per heavy atom. The molecule has 3 rings (SSSR count). The molecule has 0 amide bonds. The van der Waals surface area contributed by atoms with Crippen molar-refractivity contribution in [3.8, 4) is 0 Å². The number of ether oxygens (including phenoxy) is 1. The Balaban J connectivity index is 2.09. The average Bonchev–Trinajstić information content (AvgIpc) is 2.70. The molecule has 134 valence electrons. The number of alkyl halides is 3. The van der Waals surface area contributed by atoms with Crippen molar-refractivity contribution in [1.29, 1.82) is 0 Å². The highest BCUT2D eigenvalue weighted by Gasteiger charge is 2.33. The standard InChI is InChI=1S/C18H12F3NO3S/c1-25-16-15(24)11-4-2-3-10(23)8-12(11)17(16)26-14-6-5-9(7-13(14)22)18(19,20)21/h2-8H,22H2,1H3. The molecule has 0 aliphatic heterocycles. The zero-order chi connectivity index (χ0) is 19.1. The van der Waals surface area contributed by atoms with Crippen LogP contribution in [0.4, 0.5) is 18.9 Å². The zero-order valence-electron chi connectivity index (χ0n) is 13.4. The number of benzene rings is 1. The molecule has 0 fully saturated rings. The third kappa shape index (κ3) is 3.20. The smallest absolute Gasteiger partial charge is 0.416 e. The number of halogens is 3. The lowest BCUT2D eigenvalue weighted by atomic mass is 10.2. The van der Waals surface area contributed by atoms with Crippen LogP contribution in [0.25, 0.3) is 4.91 Å². The molecule has 0 bridgehead atoms. The number of allylic oxidation sites excluding steroid dienone is 1. The molecule has 0 spiro atoms. The van der Waals surface area contributed by atoms with Crippen LogP contribution in [0.1, 0.15) is 21.5 Å². The molecular formula is C18H12F3NO3S. The van der Waals surface area contributed by atoms with Crippen LogP contribution < -0.4 is 11.2 Å². The van der Waals surface area contributed by atoms with Crippen molar-refractivity contribution in [2.45, 2.75) is 11.1 Å². The maximum absolute atomic E-state index is 12.8. The number of hydrogen-bond donors (Lipinski definition) is 1. The van der Waals surface area contributed by atoms with E-state index in [1.165, 1.54) is 37.4 Å². The zero-order valence-corrected chi connectivity index (χ0v) is 14.2. The number of rotatable bonds is 3. The molecule has 0 saturated carbocycles. The van der Waals surface area contributed by atoms with Gasteiger partial charge in [-0.15, -0.1) is 0 Å². The summed E-state index contributed by atoms with van der Waals surface area (Å²) in [6.07, 6.45) is -4.50. The largest absolute Gasteiger partial charge is 0.492 e. The van der Waals surface area contributed by atoms with E-state index in [-0.39, 0.29) is 22.4 Å². The first-order chi connectivity index (χ1) is 12.2. The number of nitrogen functional groups attached to an aromatic ring is 1. The van der Waals surface area contributed by atoms with Gasteiger partial charge in [0.25, 0.3) is 0 Å². The van der Waals surface area contributed by atoms with Crippen LogP contribution >= 0.6 is 11.8 Å². The van der Waals surface area contributed by atoms with Crippen molar-refractivity contribution in [3.63, 3.8) is 0 Å². The molecule has 4 nitrogen and oxygen atoms in total. The van der Waals surface area contributed by atoms with Crippen LogP contribution in [-0.4, -0.2) is 12.9 Å². The van der Waals surface area contributed by atoms with Crippen molar-refractivity contribution in [1.82, 2.24) is 0 Å². The number of ketones is 1. The fourth-order valence-corrected chi connectivity index (χ4v) is 3.63. The van der Waals surface area contributed by atoms with Crippen LogP contribution in [0.3, 0.4) is 0 Å². The fourth-order valence-electron chi connectivity index (χ4n) is 2.55. The second-order valence-corrected chi connectivity index (χ2v) is 6.50. The van der Waals surface area contributed by atoms with Gasteiger partial charge in [-0.2, -0.15) is 13.2 Å². The predicted octanol–water partition coefficient (Wildman–Crippen LogP) is 3.95. The van der Waals surface area contributed by atoms with Crippen molar-refractivity contribution in [2.75, 3.05) is 12.8 Å². The molecule has 1 aliphatic rings. The Bertz CT molecular complexity index is 1000. The lowest BCUT2D eigenvalue weighted by Gasteiger charge is -2.11. The minimum atomic E-state index is -4.50. The highest BCUT2D eigenvalue weighted by molar-refractivity contribution is 8.08. The molecule has 2 N–H and O–H groups in total. The monoisotopic (exact) mass is 379 g/mol. The Morgan fingerprint density at radius 3 is 2.38 bits per heavy atom. The van der Waals surface area contributed by atoms with Crippen LogP contribution in [0, 0.1) is 0 Å². The minimum absolute atomic E-state index is 0.0231. The number of Topliss-reactive ketones (excluding diaryl/α,β-unsaturated/α-hetero) is 1. The molecule has 0 aromatic heterocycles. The second-order valence-electron chi connectivity index (χ2n) is 5.44. The van der Waals surface area contributed by atoms with Gasteiger partial charge in [-0.25, -0.2) is 0 Å². The summed E-state index contributed by atoms with van der Waals surface area (Å²) in [5.74, 6) is -0.374. The van der Waals surface area contributed by atoms with Gasteiger partial charge < -0.3 is 10.5 Å². The molecule has 1 aliphatic carbocycles. The summed E-state index contributed by atoms with van der Waals surface area (Å²) in [5, 5.41) is 0. The predicted molar refractivity (Wildman–Crippen MR) is 92.7 cm³/mol. The molecular weight excluding hydrogens is 367 g/mol. The van der Waals surface area contributed by atoms with E-state index in [1.54, 1.807) is 0 Å². The van der Waals surface area contributed by atoms with Gasteiger partial charge in [-0.05, 0) is 30.3 Å². The van der Waals surface area contributed by atoms with E-state index in [1.807, 2.05) is 0 Å². The van der Waals surface area contributed by atoms with Gasteiger partial charge in [0, 0.05) is 21.7 Å². The van der Waals surface area contributed by atoms with E-state index in [0.717, 1.165) is 23.9 Å². The van der Waals surface area contributed by atoms with Crippen LogP contribution in [-0.2, 0) is 10.9 Å². The molecule has 0 unspecified atom stereocenters. The van der Waals surface area contributed by atoms with Crippen LogP contribution in [0.15, 0.2) is 57.9 Å². The molecule has 2 aromatic rings. The molecule has 26 heavy (non-hydrogen) atoms. The summed E-state index contributed by atoms with van der Waals surface area (Å²) in [4.78, 5) is 24.9. The minimum Gasteiger partial charge on any atom is -0.492 e. The van der Waals surface area contributed by atoms with E-state index in [0.29, 0.717) is 15.4 Å². The van der Waals surface area contributed by atoms with Crippen LogP contribution in [0.5, 0.6) is 0 Å². The van der Waals surface area contributed by atoms with Crippen molar-refractivity contribution >= 4 is 28.1 Å². The van der Waals surface area contributed by atoms with Gasteiger partial charge in [0.05, 0.1) is 17.6 Å². The summed E-state index contributed by atoms with van der Waals surface area (Å²) in [5.41, 5.74) is 5.16. The number of carbonyl (C=O) groups excluding carboxylic acids is 1. The molecule has 0 heterocycles. The SMILES string of the molecule is COC1=C(Sc2ccc(C(F)(F)F)cc2N)c2cc(=O)cccc2C1=O. The highest BCUT2D eigenvalue weighted by atomic mass is 32.2. The highest BCUT2D eigenvalue weighted by Crippen LogP contribution is 2.45. The van der Waals surface area contributed by atoms with E-state index in [4.69, 9.17) is 10.5 Å². The third-order valence-corrected chi connectivity index (χ3v) is 4.96. The summed E-state index contributed by atoms with van der Waals surface area (Å²) >= 11 is 0.983. The number of anilines is 1. The second kappa shape index (κ2) is 6.53. The first kappa shape index (κ1) is 18.1. The third-order valence-electron chi connectivity index (χ3n) is 3.76. The van der Waals surface area contributed by atoms with Gasteiger partial charge in [-0.1, -0.05) is 23.9 Å². The van der Waals surface area contributed by atoms with Crippen molar-refractivity contribution < 1.29 is 22.7 Å². The number of hydrogen-bond acceptors (Lipinski definition) is 5. The Hall–Kier alpha value is -2.74. The Morgan fingerprint density at radius 2 is 1.77 bits per heavy atom. The summed E-state index contributed by atoms with van der Waals surface area (Å²) in [7, 11) is 1.31. The Labute approximate surface area is 150 Å². The molecule has 2 aromatic carbocycles. The summed E-state index contributed by atoms with van der Waals surface area (Å²) in [6.45, 7) is 0. The first-order valence-corrected chi connectivity index (χ1v) is 8.16. The maximum atomic E-state index is 12.8. The molecule has 0 atom stereocenters. The average molecular weight is 379 g/mol. The molecule has 0 radical (unpaired) electrons. The first-order valence-electron chi connectivity index (χ1n) is 7.34. The lowest BCUT2D eigenvalue weighted by Crippen LogP contribution is -2.05.